The Morgan fingerprint density at radius 2 is 1.67 bits per heavy atom. The fourth-order valence-corrected chi connectivity index (χ4v) is 3.61. The van der Waals surface area contributed by atoms with Crippen LogP contribution in [0.2, 0.25) is 0 Å². The summed E-state index contributed by atoms with van der Waals surface area (Å²) in [5.74, 6) is -1.07. The summed E-state index contributed by atoms with van der Waals surface area (Å²) >= 11 is 0. The summed E-state index contributed by atoms with van der Waals surface area (Å²) in [5, 5.41) is 11.6. The average molecular weight is 410 g/mol. The Bertz CT molecular complexity index is 980. The molecule has 3 rings (SSSR count). The topological polar surface area (TPSA) is 89.8 Å². The van der Waals surface area contributed by atoms with Crippen LogP contribution in [0, 0.1) is 24.0 Å². The van der Waals surface area contributed by atoms with Gasteiger partial charge in [0, 0.05) is 24.7 Å². The van der Waals surface area contributed by atoms with Gasteiger partial charge in [0.05, 0.1) is 10.5 Å². The van der Waals surface area contributed by atoms with Crippen molar-refractivity contribution in [2.75, 3.05) is 18.0 Å². The number of nitro benzene ring substituents is 1. The number of Topliss-reactive ketones (excluding diaryl/α,β-unsaturated/α-hetero) is 1. The number of hydrogen-bond acceptors (Lipinski definition) is 6. The quantitative estimate of drug-likeness (QED) is 0.298. The molecule has 0 amide bonds. The number of anilines is 1. The third-order valence-electron chi connectivity index (χ3n) is 5.55. The van der Waals surface area contributed by atoms with Crippen LogP contribution >= 0.6 is 0 Å². The lowest BCUT2D eigenvalue weighted by Crippen LogP contribution is -2.30. The summed E-state index contributed by atoms with van der Waals surface area (Å²) < 4.78 is 5.32. The molecule has 7 heteroatoms. The molecule has 1 aliphatic rings. The van der Waals surface area contributed by atoms with Crippen molar-refractivity contribution in [1.82, 2.24) is 0 Å². The number of rotatable bonds is 6. The Kier molecular flexibility index (Phi) is 6.50. The van der Waals surface area contributed by atoms with Crippen molar-refractivity contribution in [3.8, 4) is 0 Å². The van der Waals surface area contributed by atoms with E-state index in [1.54, 1.807) is 18.2 Å². The Balaban J connectivity index is 1.77. The van der Waals surface area contributed by atoms with Crippen LogP contribution in [-0.2, 0) is 4.74 Å². The number of ether oxygens (including phenoxy) is 1. The number of esters is 1. The van der Waals surface area contributed by atoms with Gasteiger partial charge in [0.15, 0.2) is 6.10 Å². The van der Waals surface area contributed by atoms with Crippen LogP contribution in [0.1, 0.15) is 58.0 Å². The minimum atomic E-state index is -1.000. The second kappa shape index (κ2) is 9.07. The van der Waals surface area contributed by atoms with Crippen molar-refractivity contribution in [2.45, 2.75) is 46.1 Å². The molecule has 1 atom stereocenters. The van der Waals surface area contributed by atoms with E-state index in [1.807, 2.05) is 24.8 Å². The number of nitrogens with zero attached hydrogens (tertiary/aromatic N) is 2. The van der Waals surface area contributed by atoms with Gasteiger partial charge in [-0.25, -0.2) is 4.79 Å². The normalized spacial score (nSPS) is 14.8. The van der Waals surface area contributed by atoms with Crippen LogP contribution < -0.4 is 4.90 Å². The van der Waals surface area contributed by atoms with Crippen LogP contribution in [0.25, 0.3) is 0 Å². The van der Waals surface area contributed by atoms with Crippen LogP contribution in [0.3, 0.4) is 0 Å². The first kappa shape index (κ1) is 21.5. The van der Waals surface area contributed by atoms with Gasteiger partial charge < -0.3 is 9.64 Å². The number of nitro groups is 1. The molecule has 1 heterocycles. The van der Waals surface area contributed by atoms with Gasteiger partial charge in [0.2, 0.25) is 5.78 Å². The molecule has 2 aromatic rings. The van der Waals surface area contributed by atoms with Gasteiger partial charge in [0.25, 0.3) is 5.69 Å². The predicted octanol–water partition coefficient (Wildman–Crippen LogP) is 4.63. The maximum atomic E-state index is 12.6. The monoisotopic (exact) mass is 410 g/mol. The Labute approximate surface area is 175 Å². The number of aryl methyl sites for hydroxylation is 2. The molecule has 2 aromatic carbocycles. The zero-order chi connectivity index (χ0) is 21.8. The molecule has 1 aliphatic heterocycles. The molecule has 0 unspecified atom stereocenters. The van der Waals surface area contributed by atoms with Gasteiger partial charge in [0.1, 0.15) is 5.69 Å². The first-order chi connectivity index (χ1) is 14.3. The Morgan fingerprint density at radius 1 is 1.00 bits per heavy atom. The summed E-state index contributed by atoms with van der Waals surface area (Å²) in [6.07, 6.45) is 2.08. The van der Waals surface area contributed by atoms with Crippen molar-refractivity contribution in [2.24, 2.45) is 0 Å². The predicted molar refractivity (Wildman–Crippen MR) is 114 cm³/mol. The second-order valence-corrected chi connectivity index (χ2v) is 7.72. The highest BCUT2D eigenvalue weighted by Crippen LogP contribution is 2.31. The summed E-state index contributed by atoms with van der Waals surface area (Å²) in [6, 6.07) is 9.66. The SMILES string of the molecule is Cc1ccc(C(=O)[C@H](C)OC(=O)c2ccc(N3CCCCC3)c([N+](=O)[O-])c2)cc1C. The summed E-state index contributed by atoms with van der Waals surface area (Å²) in [5.41, 5.74) is 2.95. The molecule has 0 saturated carbocycles. The number of carbonyl (C=O) groups is 2. The van der Waals surface area contributed by atoms with Gasteiger partial charge in [-0.05, 0) is 69.4 Å². The van der Waals surface area contributed by atoms with Crippen molar-refractivity contribution in [1.29, 1.82) is 0 Å². The lowest BCUT2D eigenvalue weighted by atomic mass is 10.0. The maximum Gasteiger partial charge on any atom is 0.339 e. The lowest BCUT2D eigenvalue weighted by Gasteiger charge is -2.28. The smallest absolute Gasteiger partial charge is 0.339 e. The third-order valence-corrected chi connectivity index (χ3v) is 5.55. The molecule has 0 spiro atoms. The average Bonchev–Trinajstić information content (AvgIpc) is 2.75. The van der Waals surface area contributed by atoms with Gasteiger partial charge >= 0.3 is 5.97 Å². The number of carbonyl (C=O) groups excluding carboxylic acids is 2. The van der Waals surface area contributed by atoms with Gasteiger partial charge in [-0.3, -0.25) is 14.9 Å². The van der Waals surface area contributed by atoms with E-state index in [2.05, 4.69) is 0 Å². The van der Waals surface area contributed by atoms with Crippen molar-refractivity contribution in [3.05, 3.63) is 68.8 Å². The van der Waals surface area contributed by atoms with E-state index in [0.717, 1.165) is 43.5 Å². The molecule has 1 fully saturated rings. The first-order valence-corrected chi connectivity index (χ1v) is 10.1. The number of benzene rings is 2. The van der Waals surface area contributed by atoms with E-state index < -0.39 is 17.0 Å². The Morgan fingerprint density at radius 3 is 2.30 bits per heavy atom. The third kappa shape index (κ3) is 4.67. The van der Waals surface area contributed by atoms with Crippen LogP contribution in [0.5, 0.6) is 0 Å². The molecular weight excluding hydrogens is 384 g/mol. The minimum absolute atomic E-state index is 0.0576. The van der Waals surface area contributed by atoms with Gasteiger partial charge in [-0.1, -0.05) is 12.1 Å². The van der Waals surface area contributed by atoms with E-state index in [0.29, 0.717) is 11.3 Å². The van der Waals surface area contributed by atoms with E-state index in [-0.39, 0.29) is 17.0 Å². The molecular formula is C23H26N2O5. The largest absolute Gasteiger partial charge is 0.451 e. The van der Waals surface area contributed by atoms with E-state index in [4.69, 9.17) is 4.74 Å². The summed E-state index contributed by atoms with van der Waals surface area (Å²) in [7, 11) is 0. The molecule has 0 radical (unpaired) electrons. The lowest BCUT2D eigenvalue weighted by molar-refractivity contribution is -0.384. The van der Waals surface area contributed by atoms with Crippen molar-refractivity contribution >= 4 is 23.1 Å². The van der Waals surface area contributed by atoms with Crippen molar-refractivity contribution < 1.29 is 19.2 Å². The van der Waals surface area contributed by atoms with E-state index in [9.17, 15) is 19.7 Å². The van der Waals surface area contributed by atoms with E-state index >= 15 is 0 Å². The molecule has 158 valence electrons. The second-order valence-electron chi connectivity index (χ2n) is 7.72. The van der Waals surface area contributed by atoms with E-state index in [1.165, 1.54) is 19.1 Å². The maximum absolute atomic E-state index is 12.6. The zero-order valence-electron chi connectivity index (χ0n) is 17.5. The number of hydrogen-bond donors (Lipinski definition) is 0. The van der Waals surface area contributed by atoms with Crippen molar-refractivity contribution in [3.63, 3.8) is 0 Å². The highest BCUT2D eigenvalue weighted by atomic mass is 16.6. The zero-order valence-corrected chi connectivity index (χ0v) is 17.5. The molecule has 0 aliphatic carbocycles. The van der Waals surface area contributed by atoms with Gasteiger partial charge in [-0.2, -0.15) is 0 Å². The molecule has 7 nitrogen and oxygen atoms in total. The minimum Gasteiger partial charge on any atom is -0.451 e. The molecule has 0 bridgehead atoms. The summed E-state index contributed by atoms with van der Waals surface area (Å²) in [4.78, 5) is 38.3. The van der Waals surface area contributed by atoms with Gasteiger partial charge in [-0.15, -0.1) is 0 Å². The van der Waals surface area contributed by atoms with Crippen LogP contribution in [-0.4, -0.2) is 35.9 Å². The number of piperidine rings is 1. The first-order valence-electron chi connectivity index (χ1n) is 10.1. The van der Waals surface area contributed by atoms with Crippen LogP contribution in [0.4, 0.5) is 11.4 Å². The molecule has 30 heavy (non-hydrogen) atoms. The molecule has 1 saturated heterocycles. The Hall–Kier alpha value is -3.22. The highest BCUT2D eigenvalue weighted by molar-refractivity contribution is 6.01. The van der Waals surface area contributed by atoms with Crippen LogP contribution in [0.15, 0.2) is 36.4 Å². The number of ketones is 1. The highest BCUT2D eigenvalue weighted by Gasteiger charge is 2.25. The fraction of sp³-hybridized carbons (Fsp3) is 0.391. The summed E-state index contributed by atoms with van der Waals surface area (Å²) in [6.45, 7) is 6.88. The molecule has 0 N–H and O–H groups in total. The molecule has 0 aromatic heterocycles. The standard InChI is InChI=1S/C23H26N2O5/c1-15-7-8-18(13-16(15)2)22(26)17(3)30-23(27)19-9-10-20(21(14-19)25(28)29)24-11-5-4-6-12-24/h7-10,13-14,17H,4-6,11-12H2,1-3H3/t17-/m0/s1. The fourth-order valence-electron chi connectivity index (χ4n) is 3.61.